The normalized spacial score (nSPS) is 12.0. The van der Waals surface area contributed by atoms with Gasteiger partial charge in [-0.05, 0) is 55.0 Å². The number of halogens is 6. The van der Waals surface area contributed by atoms with Crippen LogP contribution in [0.2, 0.25) is 0 Å². The molecule has 1 amide bonds. The van der Waals surface area contributed by atoms with E-state index in [-0.39, 0.29) is 23.3 Å². The van der Waals surface area contributed by atoms with E-state index >= 15 is 0 Å². The number of nitrogens with one attached hydrogen (secondary N) is 1. The van der Waals surface area contributed by atoms with Crippen molar-refractivity contribution >= 4 is 22.6 Å². The Bertz CT molecular complexity index is 1730. The van der Waals surface area contributed by atoms with Gasteiger partial charge in [-0.15, -0.1) is 0 Å². The van der Waals surface area contributed by atoms with Gasteiger partial charge in [-0.3, -0.25) is 14.5 Å². The van der Waals surface area contributed by atoms with Crippen LogP contribution in [-0.4, -0.2) is 30.6 Å². The van der Waals surface area contributed by atoms with Gasteiger partial charge in [0.1, 0.15) is 11.1 Å². The van der Waals surface area contributed by atoms with E-state index in [1.165, 1.54) is 29.1 Å². The molecule has 0 saturated carbocycles. The van der Waals surface area contributed by atoms with Gasteiger partial charge < -0.3 is 10.1 Å². The Hall–Kier alpha value is -5.01. The number of nitrogens with zero attached hydrogens (tertiary/aromatic N) is 5. The van der Waals surface area contributed by atoms with Gasteiger partial charge in [0.2, 0.25) is 5.88 Å². The number of amides is 1. The summed E-state index contributed by atoms with van der Waals surface area (Å²) in [5.41, 5.74) is -2.24. The molecule has 0 fully saturated rings. The average Bonchev–Trinajstić information content (AvgIpc) is 3.30. The van der Waals surface area contributed by atoms with E-state index in [1.807, 2.05) is 0 Å². The number of aryl methyl sites for hydroxylation is 2. The van der Waals surface area contributed by atoms with Gasteiger partial charge in [0.15, 0.2) is 11.5 Å². The molecule has 3 aromatic heterocycles. The third-order valence-corrected chi connectivity index (χ3v) is 5.98. The highest BCUT2D eigenvalue weighted by Crippen LogP contribution is 2.38. The molecule has 0 spiro atoms. The first-order valence-corrected chi connectivity index (χ1v) is 11.8. The Morgan fingerprint density at radius 3 is 2.27 bits per heavy atom. The lowest BCUT2D eigenvalue weighted by Crippen LogP contribution is -2.16. The molecule has 0 saturated heterocycles. The van der Waals surface area contributed by atoms with Gasteiger partial charge in [-0.2, -0.15) is 36.4 Å². The van der Waals surface area contributed by atoms with E-state index in [1.54, 1.807) is 38.5 Å². The average molecular weight is 572 g/mol. The summed E-state index contributed by atoms with van der Waals surface area (Å²) in [6.45, 7) is 1.68. The number of carbonyl (C=O) groups excluding carboxylic acids is 1. The predicted molar refractivity (Wildman–Crippen MR) is 135 cm³/mol. The molecule has 3 heterocycles. The van der Waals surface area contributed by atoms with Crippen LogP contribution in [0.1, 0.15) is 27.0 Å². The van der Waals surface area contributed by atoms with Crippen LogP contribution >= 0.6 is 0 Å². The third kappa shape index (κ3) is 5.81. The summed E-state index contributed by atoms with van der Waals surface area (Å²) >= 11 is 0. The van der Waals surface area contributed by atoms with Gasteiger partial charge in [-0.1, -0.05) is 6.07 Å². The number of rotatable bonds is 5. The molecule has 41 heavy (non-hydrogen) atoms. The minimum Gasteiger partial charge on any atom is -0.438 e. The minimum absolute atomic E-state index is 0.0197. The number of ether oxygens (including phenoxy) is 1. The zero-order valence-corrected chi connectivity index (χ0v) is 21.2. The number of anilines is 1. The second kappa shape index (κ2) is 10.2. The van der Waals surface area contributed by atoms with Crippen molar-refractivity contribution in [3.63, 3.8) is 0 Å². The van der Waals surface area contributed by atoms with Crippen LogP contribution < -0.4 is 10.1 Å². The summed E-state index contributed by atoms with van der Waals surface area (Å²) in [5, 5.41) is 6.76. The molecule has 0 atom stereocenters. The lowest BCUT2D eigenvalue weighted by molar-refractivity contribution is -0.143. The van der Waals surface area contributed by atoms with Crippen LogP contribution in [0.15, 0.2) is 67.1 Å². The summed E-state index contributed by atoms with van der Waals surface area (Å²) in [4.78, 5) is 26.0. The van der Waals surface area contributed by atoms with E-state index in [0.29, 0.717) is 40.1 Å². The maximum absolute atomic E-state index is 13.2. The highest BCUT2D eigenvalue weighted by atomic mass is 19.4. The van der Waals surface area contributed by atoms with E-state index in [0.717, 1.165) is 0 Å². The standard InChI is InChI=1S/C27H18F6N6O2/c1-14-5-6-15(24(40)36-19-10-17(26(28,29)30)9-18(11-19)27(31,32)33)8-21(14)41-25-20-13-35-39(2)23(20)37-22(38-25)16-4-3-7-34-12-16/h3-13H,1-2H3,(H,36,40). The van der Waals surface area contributed by atoms with Gasteiger partial charge in [0.05, 0.1) is 17.3 Å². The molecule has 5 aromatic rings. The molecular formula is C27H18F6N6O2. The molecule has 14 heteroatoms. The molecule has 5 rings (SSSR count). The van der Waals surface area contributed by atoms with E-state index in [9.17, 15) is 31.1 Å². The fourth-order valence-corrected chi connectivity index (χ4v) is 3.88. The number of hydrogen-bond acceptors (Lipinski definition) is 6. The minimum atomic E-state index is -5.06. The summed E-state index contributed by atoms with van der Waals surface area (Å²) in [6, 6.07) is 8.48. The molecule has 1 N–H and O–H groups in total. The number of aromatic nitrogens is 5. The van der Waals surface area contributed by atoms with Crippen molar-refractivity contribution in [2.24, 2.45) is 7.05 Å². The predicted octanol–water partition coefficient (Wildman–Crippen LogP) is 6.82. The third-order valence-electron chi connectivity index (χ3n) is 5.98. The van der Waals surface area contributed by atoms with Crippen molar-refractivity contribution in [2.45, 2.75) is 19.3 Å². The Morgan fingerprint density at radius 1 is 0.927 bits per heavy atom. The number of fused-ring (bicyclic) bond motifs is 1. The maximum atomic E-state index is 13.2. The van der Waals surface area contributed by atoms with Crippen LogP contribution in [-0.2, 0) is 19.4 Å². The fraction of sp³-hybridized carbons (Fsp3) is 0.148. The van der Waals surface area contributed by atoms with Crippen LogP contribution in [0.5, 0.6) is 11.6 Å². The van der Waals surface area contributed by atoms with Crippen molar-refractivity contribution in [3.05, 3.63) is 89.4 Å². The van der Waals surface area contributed by atoms with Crippen LogP contribution in [0.4, 0.5) is 32.0 Å². The number of pyridine rings is 1. The monoisotopic (exact) mass is 572 g/mol. The Labute approximate surface area is 227 Å². The Morgan fingerprint density at radius 2 is 1.63 bits per heavy atom. The highest BCUT2D eigenvalue weighted by molar-refractivity contribution is 6.04. The maximum Gasteiger partial charge on any atom is 0.416 e. The first-order valence-electron chi connectivity index (χ1n) is 11.8. The molecule has 210 valence electrons. The first kappa shape index (κ1) is 27.6. The number of alkyl halides is 6. The summed E-state index contributed by atoms with van der Waals surface area (Å²) in [6.07, 6.45) is -5.47. The lowest BCUT2D eigenvalue weighted by atomic mass is 10.1. The number of hydrogen-bond donors (Lipinski definition) is 1. The molecule has 0 aliphatic heterocycles. The zero-order valence-electron chi connectivity index (χ0n) is 21.2. The van der Waals surface area contributed by atoms with E-state index in [2.05, 4.69) is 25.4 Å². The second-order valence-electron chi connectivity index (χ2n) is 8.93. The van der Waals surface area contributed by atoms with Crippen molar-refractivity contribution in [1.29, 1.82) is 0 Å². The van der Waals surface area contributed by atoms with Gasteiger partial charge in [0.25, 0.3) is 5.91 Å². The first-order chi connectivity index (χ1) is 19.3. The quantitative estimate of drug-likeness (QED) is 0.233. The fourth-order valence-electron chi connectivity index (χ4n) is 3.88. The van der Waals surface area contributed by atoms with Crippen molar-refractivity contribution in [2.75, 3.05) is 5.32 Å². The number of benzene rings is 2. The zero-order chi connectivity index (χ0) is 29.5. The van der Waals surface area contributed by atoms with Crippen molar-refractivity contribution in [1.82, 2.24) is 24.7 Å². The lowest BCUT2D eigenvalue weighted by Gasteiger charge is -2.15. The van der Waals surface area contributed by atoms with Gasteiger partial charge in [0, 0.05) is 36.3 Å². The topological polar surface area (TPSA) is 94.8 Å². The van der Waals surface area contributed by atoms with Gasteiger partial charge >= 0.3 is 12.4 Å². The molecular weight excluding hydrogens is 554 g/mol. The van der Waals surface area contributed by atoms with Crippen LogP contribution in [0.3, 0.4) is 0 Å². The van der Waals surface area contributed by atoms with Crippen molar-refractivity contribution < 1.29 is 35.9 Å². The molecule has 0 radical (unpaired) electrons. The summed E-state index contributed by atoms with van der Waals surface area (Å²) in [5.74, 6) is -0.387. The van der Waals surface area contributed by atoms with E-state index < -0.39 is 35.1 Å². The van der Waals surface area contributed by atoms with Crippen molar-refractivity contribution in [3.8, 4) is 23.0 Å². The Kier molecular flexibility index (Phi) is 6.85. The molecule has 0 aliphatic rings. The molecule has 2 aromatic carbocycles. The molecule has 0 bridgehead atoms. The largest absolute Gasteiger partial charge is 0.438 e. The number of carbonyl (C=O) groups is 1. The summed E-state index contributed by atoms with van der Waals surface area (Å²) < 4.78 is 87.0. The van der Waals surface area contributed by atoms with Crippen LogP contribution in [0, 0.1) is 6.92 Å². The molecule has 8 nitrogen and oxygen atoms in total. The SMILES string of the molecule is Cc1ccc(C(=O)Nc2cc(C(F)(F)F)cc(C(F)(F)F)c2)cc1Oc1nc(-c2cccnc2)nc2c1cnn2C. The van der Waals surface area contributed by atoms with Gasteiger partial charge in [-0.25, -0.2) is 4.98 Å². The summed E-state index contributed by atoms with van der Waals surface area (Å²) in [7, 11) is 1.68. The highest BCUT2D eigenvalue weighted by Gasteiger charge is 2.37. The van der Waals surface area contributed by atoms with E-state index in [4.69, 9.17) is 4.74 Å². The Balaban J connectivity index is 1.49. The second-order valence-corrected chi connectivity index (χ2v) is 8.93. The smallest absolute Gasteiger partial charge is 0.416 e. The van der Waals surface area contributed by atoms with Crippen LogP contribution in [0.25, 0.3) is 22.4 Å². The molecule has 0 aliphatic carbocycles. The molecule has 0 unspecified atom stereocenters.